The molecule has 43 heavy (non-hydrogen) atoms. The second-order valence-corrected chi connectivity index (χ2v) is 14.2. The Balaban J connectivity index is 1.35. The van der Waals surface area contributed by atoms with E-state index in [1.165, 1.54) is 19.2 Å². The fourth-order valence-electron chi connectivity index (χ4n) is 6.73. The summed E-state index contributed by atoms with van der Waals surface area (Å²) >= 11 is 6.14. The monoisotopic (exact) mass is 635 g/mol. The van der Waals surface area contributed by atoms with E-state index in [2.05, 4.69) is 10.6 Å². The molecule has 0 radical (unpaired) electrons. The Kier molecular flexibility index (Phi) is 9.62. The SMILES string of the molecule is COC(=O)N1CCC(c2ccc(Cl)cc2)(C(N)C(=O)Nc2cccc(F)c2CC[C@H]2CN[C@@H]3CCCS(=O)(=O)N2C3)CC1. The number of sulfonamides is 1. The van der Waals surface area contributed by atoms with Crippen LogP contribution in [0.2, 0.25) is 5.02 Å². The molecule has 2 amide bonds. The molecule has 3 heterocycles. The normalized spacial score (nSPS) is 25.3. The molecule has 2 aromatic carbocycles. The van der Waals surface area contributed by atoms with Crippen LogP contribution in [0.1, 0.15) is 43.2 Å². The minimum Gasteiger partial charge on any atom is -0.453 e. The first-order chi connectivity index (χ1) is 20.5. The lowest BCUT2D eigenvalue weighted by Crippen LogP contribution is -2.58. The number of nitrogens with one attached hydrogen (secondary N) is 2. The van der Waals surface area contributed by atoms with Gasteiger partial charge in [0, 0.05) is 60.0 Å². The molecule has 3 saturated heterocycles. The second-order valence-electron chi connectivity index (χ2n) is 11.7. The van der Waals surface area contributed by atoms with Gasteiger partial charge in [0.05, 0.1) is 18.9 Å². The molecular formula is C30H39ClFN5O5S. The average Bonchev–Trinajstić information content (AvgIpc) is 3.12. The number of hydrogen-bond donors (Lipinski definition) is 3. The maximum Gasteiger partial charge on any atom is 0.409 e. The highest BCUT2D eigenvalue weighted by molar-refractivity contribution is 7.89. The highest BCUT2D eigenvalue weighted by atomic mass is 35.5. The molecular weight excluding hydrogens is 597 g/mol. The molecule has 2 unspecified atom stereocenters. The number of halogens is 2. The number of nitrogens with zero attached hydrogens (tertiary/aromatic N) is 2. The van der Waals surface area contributed by atoms with Gasteiger partial charge >= 0.3 is 6.09 Å². The van der Waals surface area contributed by atoms with Gasteiger partial charge in [0.25, 0.3) is 0 Å². The number of carbonyl (C=O) groups excluding carboxylic acids is 2. The van der Waals surface area contributed by atoms with Gasteiger partial charge in [-0.15, -0.1) is 0 Å². The maximum atomic E-state index is 15.2. The molecule has 2 aromatic rings. The zero-order valence-corrected chi connectivity index (χ0v) is 25.8. The molecule has 2 bridgehead atoms. The standard InChI is InChI=1S/C30H39ClFN5O5S/c1-42-29(39)36-15-13-30(14-16-36,20-7-9-21(31)10-8-20)27(33)28(38)35-26-6-2-5-25(32)24(26)12-11-23-18-34-22-4-3-17-43(40,41)37(23)19-22/h2,5-10,22-23,27,34H,3-4,11-19,33H2,1H3,(H,35,38)/t22-,23+,27?/m1/s1. The third-order valence-electron chi connectivity index (χ3n) is 9.25. The number of nitrogens with two attached hydrogens (primary N) is 1. The summed E-state index contributed by atoms with van der Waals surface area (Å²) in [5, 5.41) is 6.86. The van der Waals surface area contributed by atoms with Gasteiger partial charge in [0.2, 0.25) is 15.9 Å². The topological polar surface area (TPSA) is 134 Å². The maximum absolute atomic E-state index is 15.2. The van der Waals surface area contributed by atoms with Crippen LogP contribution in [-0.4, -0.2) is 86.8 Å². The van der Waals surface area contributed by atoms with E-state index in [-0.39, 0.29) is 24.3 Å². The van der Waals surface area contributed by atoms with E-state index in [0.29, 0.717) is 68.1 Å². The highest BCUT2D eigenvalue weighted by Gasteiger charge is 2.46. The molecule has 3 aliphatic heterocycles. The molecule has 13 heteroatoms. The minimum absolute atomic E-state index is 0.118. The number of anilines is 1. The Hall–Kier alpha value is -2.77. The number of carbonyl (C=O) groups is 2. The van der Waals surface area contributed by atoms with E-state index in [1.54, 1.807) is 27.4 Å². The molecule has 10 nitrogen and oxygen atoms in total. The number of ether oxygens (including phenoxy) is 1. The molecule has 234 valence electrons. The quantitative estimate of drug-likeness (QED) is 0.425. The molecule has 3 fully saturated rings. The molecule has 4 atom stereocenters. The van der Waals surface area contributed by atoms with Crippen LogP contribution in [0.5, 0.6) is 0 Å². The molecule has 0 saturated carbocycles. The number of benzene rings is 2. The van der Waals surface area contributed by atoms with Crippen LogP contribution in [0.15, 0.2) is 42.5 Å². The van der Waals surface area contributed by atoms with Crippen molar-refractivity contribution in [1.29, 1.82) is 0 Å². The first-order valence-electron chi connectivity index (χ1n) is 14.7. The number of rotatable bonds is 7. The first-order valence-corrected chi connectivity index (χ1v) is 16.7. The van der Waals surface area contributed by atoms with E-state index in [0.717, 1.165) is 12.0 Å². The van der Waals surface area contributed by atoms with E-state index in [9.17, 15) is 18.0 Å². The van der Waals surface area contributed by atoms with Crippen molar-refractivity contribution in [3.05, 3.63) is 64.4 Å². The van der Waals surface area contributed by atoms with Crippen molar-refractivity contribution in [2.45, 2.75) is 62.1 Å². The lowest BCUT2D eigenvalue weighted by atomic mass is 9.67. The molecule has 4 N–H and O–H groups in total. The smallest absolute Gasteiger partial charge is 0.409 e. The van der Waals surface area contributed by atoms with Crippen molar-refractivity contribution < 1.29 is 27.1 Å². The van der Waals surface area contributed by atoms with Crippen molar-refractivity contribution in [3.8, 4) is 0 Å². The van der Waals surface area contributed by atoms with Crippen LogP contribution in [0.4, 0.5) is 14.9 Å². The number of methoxy groups -OCH3 is 1. The first kappa shape index (κ1) is 31.6. The third-order valence-corrected chi connectivity index (χ3v) is 11.5. The van der Waals surface area contributed by atoms with Crippen molar-refractivity contribution in [2.24, 2.45) is 5.73 Å². The average molecular weight is 636 g/mol. The van der Waals surface area contributed by atoms with Crippen LogP contribution < -0.4 is 16.4 Å². The third kappa shape index (κ3) is 6.68. The fraction of sp³-hybridized carbons (Fsp3) is 0.533. The van der Waals surface area contributed by atoms with Gasteiger partial charge in [-0.05, 0) is 68.4 Å². The second kappa shape index (κ2) is 13.1. The van der Waals surface area contributed by atoms with Gasteiger partial charge in [0.1, 0.15) is 5.82 Å². The van der Waals surface area contributed by atoms with Gasteiger partial charge in [-0.1, -0.05) is 29.8 Å². The summed E-state index contributed by atoms with van der Waals surface area (Å²) in [5.41, 5.74) is 7.35. The van der Waals surface area contributed by atoms with E-state index < -0.39 is 39.3 Å². The molecule has 0 spiro atoms. The number of piperazine rings is 1. The zero-order chi connectivity index (χ0) is 30.8. The number of amides is 2. The van der Waals surface area contributed by atoms with Gasteiger partial charge in [-0.25, -0.2) is 17.6 Å². The number of hydrogen-bond acceptors (Lipinski definition) is 7. The van der Waals surface area contributed by atoms with E-state index >= 15 is 4.39 Å². The van der Waals surface area contributed by atoms with Gasteiger partial charge in [0.15, 0.2) is 0 Å². The summed E-state index contributed by atoms with van der Waals surface area (Å²) in [7, 11) is -2.06. The summed E-state index contributed by atoms with van der Waals surface area (Å²) in [6.07, 6.45) is 2.44. The van der Waals surface area contributed by atoms with Crippen LogP contribution >= 0.6 is 11.6 Å². The van der Waals surface area contributed by atoms with Crippen molar-refractivity contribution in [3.63, 3.8) is 0 Å². The van der Waals surface area contributed by atoms with Crippen molar-refractivity contribution in [1.82, 2.24) is 14.5 Å². The van der Waals surface area contributed by atoms with Gasteiger partial charge in [-0.3, -0.25) is 4.79 Å². The van der Waals surface area contributed by atoms with Crippen LogP contribution in [0.25, 0.3) is 0 Å². The highest BCUT2D eigenvalue weighted by Crippen LogP contribution is 2.39. The summed E-state index contributed by atoms with van der Waals surface area (Å²) in [6.45, 7) is 1.61. The van der Waals surface area contributed by atoms with Crippen LogP contribution in [0, 0.1) is 5.82 Å². The summed E-state index contributed by atoms with van der Waals surface area (Å²) in [6, 6.07) is 10.5. The summed E-state index contributed by atoms with van der Waals surface area (Å²) < 4.78 is 47.5. The Morgan fingerprint density at radius 2 is 1.93 bits per heavy atom. The molecule has 0 aromatic heterocycles. The molecule has 0 aliphatic carbocycles. The van der Waals surface area contributed by atoms with Crippen LogP contribution in [-0.2, 0) is 31.4 Å². The zero-order valence-electron chi connectivity index (χ0n) is 24.2. The number of piperidine rings is 1. The summed E-state index contributed by atoms with van der Waals surface area (Å²) in [4.78, 5) is 27.5. The van der Waals surface area contributed by atoms with Crippen molar-refractivity contribution >= 4 is 39.3 Å². The van der Waals surface area contributed by atoms with E-state index in [1.807, 2.05) is 12.1 Å². The Bertz CT molecular complexity index is 1430. The number of likely N-dealkylation sites (tertiary alicyclic amines) is 1. The van der Waals surface area contributed by atoms with E-state index in [4.69, 9.17) is 22.1 Å². The van der Waals surface area contributed by atoms with Crippen molar-refractivity contribution in [2.75, 3.05) is 44.4 Å². The Morgan fingerprint density at radius 3 is 2.63 bits per heavy atom. The predicted octanol–water partition coefficient (Wildman–Crippen LogP) is 3.24. The Morgan fingerprint density at radius 1 is 1.21 bits per heavy atom. The lowest BCUT2D eigenvalue weighted by molar-refractivity contribution is -0.119. The molecule has 3 aliphatic rings. The number of fused-ring (bicyclic) bond motifs is 2. The lowest BCUT2D eigenvalue weighted by Gasteiger charge is -2.44. The predicted molar refractivity (Wildman–Crippen MR) is 163 cm³/mol. The fourth-order valence-corrected chi connectivity index (χ4v) is 8.66. The van der Waals surface area contributed by atoms with Crippen LogP contribution in [0.3, 0.4) is 0 Å². The molecule has 5 rings (SSSR count). The minimum atomic E-state index is -3.38. The van der Waals surface area contributed by atoms with Gasteiger partial charge in [-0.2, -0.15) is 4.31 Å². The summed E-state index contributed by atoms with van der Waals surface area (Å²) in [5.74, 6) is -0.844. The largest absolute Gasteiger partial charge is 0.453 e. The Labute approximate surface area is 257 Å². The van der Waals surface area contributed by atoms with Gasteiger partial charge < -0.3 is 26.0 Å².